The van der Waals surface area contributed by atoms with Crippen molar-refractivity contribution in [3.63, 3.8) is 0 Å². The van der Waals surface area contributed by atoms with Gasteiger partial charge in [-0.05, 0) is 44.4 Å². The van der Waals surface area contributed by atoms with E-state index in [9.17, 15) is 0 Å². The van der Waals surface area contributed by atoms with Gasteiger partial charge in [0.05, 0.1) is 0 Å². The maximum atomic E-state index is 6.03. The molecule has 1 aromatic carbocycles. The third kappa shape index (κ3) is 3.81. The van der Waals surface area contributed by atoms with Crippen LogP contribution in [0.2, 0.25) is 10.0 Å². The van der Waals surface area contributed by atoms with E-state index in [2.05, 4.69) is 20.2 Å². The molecule has 0 bridgehead atoms. The van der Waals surface area contributed by atoms with Gasteiger partial charge in [-0.1, -0.05) is 23.2 Å². The van der Waals surface area contributed by atoms with Crippen LogP contribution in [-0.2, 0) is 0 Å². The van der Waals surface area contributed by atoms with Crippen LogP contribution in [0.4, 0.5) is 17.5 Å². The summed E-state index contributed by atoms with van der Waals surface area (Å²) in [7, 11) is 0. The highest BCUT2D eigenvalue weighted by molar-refractivity contribution is 6.35. The van der Waals surface area contributed by atoms with Gasteiger partial charge in [0.2, 0.25) is 5.95 Å². The number of nitrogens with zero attached hydrogens (tertiary/aromatic N) is 3. The van der Waals surface area contributed by atoms with Crippen molar-refractivity contribution < 1.29 is 0 Å². The van der Waals surface area contributed by atoms with Crippen molar-refractivity contribution in [1.82, 2.24) is 9.97 Å². The van der Waals surface area contributed by atoms with E-state index < -0.39 is 0 Å². The van der Waals surface area contributed by atoms with Crippen molar-refractivity contribution in [2.75, 3.05) is 23.3 Å². The lowest BCUT2D eigenvalue weighted by Gasteiger charge is -2.28. The molecule has 0 aliphatic carbocycles. The van der Waals surface area contributed by atoms with Gasteiger partial charge in [0, 0.05) is 40.6 Å². The Morgan fingerprint density at radius 2 is 1.64 bits per heavy atom. The van der Waals surface area contributed by atoms with Gasteiger partial charge in [0.15, 0.2) is 0 Å². The Morgan fingerprint density at radius 1 is 0.955 bits per heavy atom. The molecule has 1 aromatic heterocycles. The lowest BCUT2D eigenvalue weighted by Crippen LogP contribution is -2.30. The highest BCUT2D eigenvalue weighted by Gasteiger charge is 2.14. The van der Waals surface area contributed by atoms with Crippen LogP contribution in [0.25, 0.3) is 0 Å². The molecule has 1 N–H and O–H groups in total. The second-order valence-electron chi connectivity index (χ2n) is 5.52. The first-order chi connectivity index (χ1) is 10.6. The van der Waals surface area contributed by atoms with Crippen LogP contribution in [-0.4, -0.2) is 23.1 Å². The van der Waals surface area contributed by atoms with E-state index in [1.54, 1.807) is 18.2 Å². The Morgan fingerprint density at radius 3 is 2.32 bits per heavy atom. The molecular formula is C16H18Cl2N4. The zero-order chi connectivity index (χ0) is 15.5. The van der Waals surface area contributed by atoms with Crippen LogP contribution < -0.4 is 10.2 Å². The normalized spacial score (nSPS) is 15.0. The third-order valence-electron chi connectivity index (χ3n) is 3.64. The lowest BCUT2D eigenvalue weighted by molar-refractivity contribution is 0.573. The first-order valence-corrected chi connectivity index (χ1v) is 8.19. The van der Waals surface area contributed by atoms with Crippen LogP contribution in [0.1, 0.15) is 25.0 Å². The van der Waals surface area contributed by atoms with Crippen LogP contribution in [0.15, 0.2) is 24.3 Å². The Labute approximate surface area is 140 Å². The van der Waals surface area contributed by atoms with Crippen LogP contribution in [0.3, 0.4) is 0 Å². The summed E-state index contributed by atoms with van der Waals surface area (Å²) in [4.78, 5) is 11.4. The van der Waals surface area contributed by atoms with E-state index in [0.717, 1.165) is 30.3 Å². The second kappa shape index (κ2) is 6.71. The van der Waals surface area contributed by atoms with Crippen LogP contribution in [0.5, 0.6) is 0 Å². The number of aryl methyl sites for hydroxylation is 1. The van der Waals surface area contributed by atoms with Gasteiger partial charge in [-0.2, -0.15) is 4.98 Å². The lowest BCUT2D eigenvalue weighted by atomic mass is 10.1. The second-order valence-corrected chi connectivity index (χ2v) is 6.39. The smallest absolute Gasteiger partial charge is 0.229 e. The van der Waals surface area contributed by atoms with Gasteiger partial charge < -0.3 is 10.2 Å². The minimum absolute atomic E-state index is 0.568. The number of piperidine rings is 1. The molecule has 0 spiro atoms. The van der Waals surface area contributed by atoms with E-state index in [-0.39, 0.29) is 0 Å². The summed E-state index contributed by atoms with van der Waals surface area (Å²) in [5.74, 6) is 1.54. The predicted molar refractivity (Wildman–Crippen MR) is 92.6 cm³/mol. The van der Waals surface area contributed by atoms with Gasteiger partial charge in [-0.25, -0.2) is 4.98 Å². The van der Waals surface area contributed by atoms with Gasteiger partial charge in [-0.15, -0.1) is 0 Å². The fourth-order valence-corrected chi connectivity index (χ4v) is 3.17. The van der Waals surface area contributed by atoms with Crippen LogP contribution in [0, 0.1) is 6.92 Å². The van der Waals surface area contributed by atoms with Crippen molar-refractivity contribution in [1.29, 1.82) is 0 Å². The molecule has 22 heavy (non-hydrogen) atoms. The van der Waals surface area contributed by atoms with Crippen molar-refractivity contribution in [3.8, 4) is 0 Å². The Bertz CT molecular complexity index is 649. The number of rotatable bonds is 3. The molecule has 2 aromatic rings. The quantitative estimate of drug-likeness (QED) is 0.871. The molecule has 4 nitrogen and oxygen atoms in total. The van der Waals surface area contributed by atoms with E-state index in [1.807, 2.05) is 13.0 Å². The fourth-order valence-electron chi connectivity index (χ4n) is 2.65. The molecular weight excluding hydrogens is 319 g/mol. The van der Waals surface area contributed by atoms with E-state index in [1.165, 1.54) is 19.3 Å². The Kier molecular flexibility index (Phi) is 4.69. The number of hydrogen-bond acceptors (Lipinski definition) is 4. The summed E-state index contributed by atoms with van der Waals surface area (Å²) < 4.78 is 0. The zero-order valence-electron chi connectivity index (χ0n) is 12.4. The summed E-state index contributed by atoms with van der Waals surface area (Å²) in [6.07, 6.45) is 3.73. The fraction of sp³-hybridized carbons (Fsp3) is 0.375. The molecule has 1 aliphatic heterocycles. The minimum Gasteiger partial charge on any atom is -0.356 e. The topological polar surface area (TPSA) is 41.1 Å². The average molecular weight is 337 g/mol. The maximum Gasteiger partial charge on any atom is 0.229 e. The van der Waals surface area contributed by atoms with Crippen molar-refractivity contribution in [2.24, 2.45) is 0 Å². The molecule has 1 fully saturated rings. The number of aromatic nitrogens is 2. The summed E-state index contributed by atoms with van der Waals surface area (Å²) in [5, 5.41) is 4.35. The SMILES string of the molecule is Cc1cc(N2CCCCC2)nc(Nc2cc(Cl)cc(Cl)c2)n1. The summed E-state index contributed by atoms with van der Waals surface area (Å²) in [6.45, 7) is 4.09. The van der Waals surface area contributed by atoms with Gasteiger partial charge >= 0.3 is 0 Å². The number of nitrogens with one attached hydrogen (secondary N) is 1. The molecule has 3 rings (SSSR count). The summed E-state index contributed by atoms with van der Waals surface area (Å²) in [5.41, 5.74) is 1.72. The molecule has 0 unspecified atom stereocenters. The maximum absolute atomic E-state index is 6.03. The molecule has 1 aliphatic rings. The van der Waals surface area contributed by atoms with E-state index in [0.29, 0.717) is 16.0 Å². The molecule has 0 atom stereocenters. The molecule has 0 radical (unpaired) electrons. The van der Waals surface area contributed by atoms with E-state index in [4.69, 9.17) is 23.2 Å². The Hall–Kier alpha value is -1.52. The number of hydrogen-bond donors (Lipinski definition) is 1. The molecule has 6 heteroatoms. The molecule has 0 saturated carbocycles. The van der Waals surface area contributed by atoms with Gasteiger partial charge in [0.1, 0.15) is 5.82 Å². The number of halogens is 2. The summed E-state index contributed by atoms with van der Waals surface area (Å²) in [6, 6.07) is 7.34. The van der Waals surface area contributed by atoms with Crippen LogP contribution >= 0.6 is 23.2 Å². The molecule has 2 heterocycles. The predicted octanol–water partition coefficient (Wildman–Crippen LogP) is 4.83. The zero-order valence-corrected chi connectivity index (χ0v) is 14.0. The minimum atomic E-state index is 0.568. The van der Waals surface area contributed by atoms with Crippen molar-refractivity contribution in [2.45, 2.75) is 26.2 Å². The first kappa shape index (κ1) is 15.4. The highest BCUT2D eigenvalue weighted by Crippen LogP contribution is 2.25. The van der Waals surface area contributed by atoms with Gasteiger partial charge in [0.25, 0.3) is 0 Å². The van der Waals surface area contributed by atoms with E-state index >= 15 is 0 Å². The standard InChI is InChI=1S/C16H18Cl2N4/c1-11-7-15(22-5-3-2-4-6-22)21-16(19-11)20-14-9-12(17)8-13(18)10-14/h7-10H,2-6H2,1H3,(H,19,20,21). The number of anilines is 3. The Balaban J connectivity index is 1.85. The van der Waals surface area contributed by atoms with Crippen molar-refractivity contribution in [3.05, 3.63) is 40.0 Å². The van der Waals surface area contributed by atoms with Crippen molar-refractivity contribution >= 4 is 40.7 Å². The molecule has 116 valence electrons. The summed E-state index contributed by atoms with van der Waals surface area (Å²) >= 11 is 12.1. The largest absolute Gasteiger partial charge is 0.356 e. The van der Waals surface area contributed by atoms with Gasteiger partial charge in [-0.3, -0.25) is 0 Å². The molecule has 1 saturated heterocycles. The average Bonchev–Trinajstić information content (AvgIpc) is 2.46. The highest BCUT2D eigenvalue weighted by atomic mass is 35.5. The monoisotopic (exact) mass is 336 g/mol. The first-order valence-electron chi connectivity index (χ1n) is 7.44. The number of benzene rings is 1. The molecule has 0 amide bonds. The third-order valence-corrected chi connectivity index (χ3v) is 4.08.